The SMILES string of the molecule is CC/C=C\C/C=C\C/C=C\C/C=C\C/C=C\CCCCCC(=O)OC[C@H](COC(=O)CCCCCCC/C=C\C/C=C\CCCCC)OC(=O)CCCCCC/C=C\C/C=C\C/C=C\C/C=C\CC. The minimum Gasteiger partial charge on any atom is -0.462 e. The summed E-state index contributed by atoms with van der Waals surface area (Å²) in [7, 11) is 0. The van der Waals surface area contributed by atoms with Gasteiger partial charge in [0.05, 0.1) is 0 Å². The van der Waals surface area contributed by atoms with Gasteiger partial charge in [-0.3, -0.25) is 14.4 Å². The molecule has 0 N–H and O–H groups in total. The number of carbonyl (C=O) groups excluding carboxylic acids is 3. The number of unbranched alkanes of at least 4 members (excludes halogenated alkanes) is 15. The van der Waals surface area contributed by atoms with Gasteiger partial charge >= 0.3 is 17.9 Å². The quantitative estimate of drug-likeness (QED) is 0.0262. The van der Waals surface area contributed by atoms with Crippen molar-refractivity contribution in [3.63, 3.8) is 0 Å². The Morgan fingerprint density at radius 3 is 0.899 bits per heavy atom. The van der Waals surface area contributed by atoms with E-state index >= 15 is 0 Å². The number of esters is 3. The fraction of sp³-hybridized carbons (Fsp3) is 0.603. The molecular formula is C63H100O6. The Morgan fingerprint density at radius 1 is 0.304 bits per heavy atom. The van der Waals surface area contributed by atoms with Crippen molar-refractivity contribution in [2.45, 2.75) is 232 Å². The molecule has 1 atom stereocenters. The van der Waals surface area contributed by atoms with Gasteiger partial charge in [0.15, 0.2) is 6.10 Å². The van der Waals surface area contributed by atoms with Crippen molar-refractivity contribution in [2.24, 2.45) is 0 Å². The molecular weight excluding hydrogens is 853 g/mol. The van der Waals surface area contributed by atoms with Crippen molar-refractivity contribution in [1.82, 2.24) is 0 Å². The van der Waals surface area contributed by atoms with Crippen LogP contribution in [0, 0.1) is 0 Å². The molecule has 6 nitrogen and oxygen atoms in total. The van der Waals surface area contributed by atoms with Gasteiger partial charge in [0.25, 0.3) is 0 Å². The Kier molecular flexibility index (Phi) is 52.5. The minimum absolute atomic E-state index is 0.111. The normalized spacial score (nSPS) is 13.1. The third kappa shape index (κ3) is 54.4. The van der Waals surface area contributed by atoms with Gasteiger partial charge in [-0.1, -0.05) is 206 Å². The maximum atomic E-state index is 12.8. The Balaban J connectivity index is 4.54. The molecule has 0 amide bonds. The van der Waals surface area contributed by atoms with Crippen LogP contribution in [0.25, 0.3) is 0 Å². The lowest BCUT2D eigenvalue weighted by Gasteiger charge is -2.18. The van der Waals surface area contributed by atoms with Crippen LogP contribution in [0.15, 0.2) is 134 Å². The molecule has 0 aromatic rings. The van der Waals surface area contributed by atoms with Crippen molar-refractivity contribution >= 4 is 17.9 Å². The molecule has 69 heavy (non-hydrogen) atoms. The zero-order valence-electron chi connectivity index (χ0n) is 44.3. The standard InChI is InChI=1S/C63H100O6/c1-4-7-10-13-16-19-22-25-28-30-31-33-35-38-41-44-47-50-53-56-62(65)68-59-60(58-67-61(64)55-52-49-46-43-40-37-34-27-24-21-18-15-12-9-6-3)69-63(66)57-54-51-48-45-42-39-36-32-29-26-23-20-17-14-11-8-5-2/h7-8,10-11,16-21,25-29,31,33-34,36,38-39,41,60H,4-6,9,12-15,22-24,30,32,35,37,40,42-59H2,1-3H3/b10-7-,11-8-,19-16-,20-17-,21-18-,28-25-,29-26-,33-31-,34-27-,39-36-,41-38-/t60-/m0/s1. The fourth-order valence-electron chi connectivity index (χ4n) is 7.02. The first kappa shape index (κ1) is 64.5. The predicted octanol–water partition coefficient (Wildman–Crippen LogP) is 18.6. The van der Waals surface area contributed by atoms with E-state index in [2.05, 4.69) is 154 Å². The lowest BCUT2D eigenvalue weighted by Crippen LogP contribution is -2.30. The smallest absolute Gasteiger partial charge is 0.306 e. The lowest BCUT2D eigenvalue weighted by molar-refractivity contribution is -0.167. The average molecular weight is 953 g/mol. The van der Waals surface area contributed by atoms with Crippen molar-refractivity contribution in [2.75, 3.05) is 13.2 Å². The van der Waals surface area contributed by atoms with Gasteiger partial charge in [-0.25, -0.2) is 0 Å². The highest BCUT2D eigenvalue weighted by molar-refractivity contribution is 5.71. The second-order valence-corrected chi connectivity index (χ2v) is 17.7. The Hall–Kier alpha value is -4.45. The van der Waals surface area contributed by atoms with E-state index in [4.69, 9.17) is 14.2 Å². The monoisotopic (exact) mass is 953 g/mol. The van der Waals surface area contributed by atoms with Crippen LogP contribution in [0.2, 0.25) is 0 Å². The van der Waals surface area contributed by atoms with Gasteiger partial charge in [-0.05, 0) is 135 Å². The number of allylic oxidation sites excluding steroid dienone is 22. The maximum absolute atomic E-state index is 12.8. The highest BCUT2D eigenvalue weighted by Crippen LogP contribution is 2.12. The second-order valence-electron chi connectivity index (χ2n) is 17.7. The molecule has 0 saturated carbocycles. The summed E-state index contributed by atoms with van der Waals surface area (Å²) in [4.78, 5) is 38.1. The summed E-state index contributed by atoms with van der Waals surface area (Å²) in [6.07, 6.45) is 78.6. The van der Waals surface area contributed by atoms with Crippen LogP contribution in [-0.4, -0.2) is 37.2 Å². The molecule has 0 spiro atoms. The minimum atomic E-state index is -0.816. The molecule has 0 aliphatic rings. The van der Waals surface area contributed by atoms with Crippen LogP contribution in [0.5, 0.6) is 0 Å². The molecule has 0 aliphatic heterocycles. The molecule has 0 bridgehead atoms. The van der Waals surface area contributed by atoms with Crippen LogP contribution in [0.1, 0.15) is 226 Å². The molecule has 0 radical (unpaired) electrons. The topological polar surface area (TPSA) is 78.9 Å². The maximum Gasteiger partial charge on any atom is 0.306 e. The van der Waals surface area contributed by atoms with Crippen LogP contribution >= 0.6 is 0 Å². The molecule has 0 aliphatic carbocycles. The van der Waals surface area contributed by atoms with Crippen molar-refractivity contribution < 1.29 is 28.6 Å². The summed E-state index contributed by atoms with van der Waals surface area (Å²) in [6, 6.07) is 0. The van der Waals surface area contributed by atoms with Crippen LogP contribution < -0.4 is 0 Å². The van der Waals surface area contributed by atoms with Gasteiger partial charge < -0.3 is 14.2 Å². The fourth-order valence-corrected chi connectivity index (χ4v) is 7.02. The first-order valence-electron chi connectivity index (χ1n) is 27.7. The number of hydrogen-bond donors (Lipinski definition) is 0. The highest BCUT2D eigenvalue weighted by atomic mass is 16.6. The van der Waals surface area contributed by atoms with E-state index in [1.165, 1.54) is 25.7 Å². The van der Waals surface area contributed by atoms with Crippen molar-refractivity contribution in [3.8, 4) is 0 Å². The molecule has 0 rings (SSSR count). The summed E-state index contributed by atoms with van der Waals surface area (Å²) in [5, 5.41) is 0. The first-order valence-corrected chi connectivity index (χ1v) is 27.7. The van der Waals surface area contributed by atoms with Crippen LogP contribution in [0.4, 0.5) is 0 Å². The van der Waals surface area contributed by atoms with E-state index < -0.39 is 6.10 Å². The summed E-state index contributed by atoms with van der Waals surface area (Å²) in [5.74, 6) is -0.987. The van der Waals surface area contributed by atoms with Gasteiger partial charge in [-0.2, -0.15) is 0 Å². The molecule has 0 heterocycles. The first-order chi connectivity index (χ1) is 34.0. The van der Waals surface area contributed by atoms with E-state index in [-0.39, 0.29) is 37.5 Å². The summed E-state index contributed by atoms with van der Waals surface area (Å²) < 4.78 is 16.8. The Labute approximate surface area is 424 Å². The molecule has 0 fully saturated rings. The summed E-state index contributed by atoms with van der Waals surface area (Å²) >= 11 is 0. The van der Waals surface area contributed by atoms with E-state index in [9.17, 15) is 14.4 Å². The molecule has 0 unspecified atom stereocenters. The number of ether oxygens (including phenoxy) is 3. The molecule has 0 saturated heterocycles. The van der Waals surface area contributed by atoms with Crippen molar-refractivity contribution in [3.05, 3.63) is 134 Å². The predicted molar refractivity (Wildman–Crippen MR) is 297 cm³/mol. The van der Waals surface area contributed by atoms with Crippen LogP contribution in [0.3, 0.4) is 0 Å². The molecule has 0 aromatic heterocycles. The van der Waals surface area contributed by atoms with Gasteiger partial charge in [0.2, 0.25) is 0 Å². The lowest BCUT2D eigenvalue weighted by atomic mass is 10.1. The Morgan fingerprint density at radius 2 is 0.565 bits per heavy atom. The van der Waals surface area contributed by atoms with Gasteiger partial charge in [0, 0.05) is 19.3 Å². The van der Waals surface area contributed by atoms with E-state index in [1.54, 1.807) is 0 Å². The molecule has 388 valence electrons. The molecule has 0 aromatic carbocycles. The average Bonchev–Trinajstić information content (AvgIpc) is 3.35. The van der Waals surface area contributed by atoms with E-state index in [0.717, 1.165) is 161 Å². The number of hydrogen-bond acceptors (Lipinski definition) is 6. The zero-order chi connectivity index (χ0) is 50.0. The highest BCUT2D eigenvalue weighted by Gasteiger charge is 2.19. The van der Waals surface area contributed by atoms with E-state index in [0.29, 0.717) is 12.8 Å². The summed E-state index contributed by atoms with van der Waals surface area (Å²) in [5.41, 5.74) is 0. The summed E-state index contributed by atoms with van der Waals surface area (Å²) in [6.45, 7) is 6.31. The third-order valence-corrected chi connectivity index (χ3v) is 11.1. The van der Waals surface area contributed by atoms with E-state index in [1.807, 2.05) is 0 Å². The van der Waals surface area contributed by atoms with Crippen LogP contribution in [-0.2, 0) is 28.6 Å². The zero-order valence-corrected chi connectivity index (χ0v) is 44.3. The van der Waals surface area contributed by atoms with Gasteiger partial charge in [0.1, 0.15) is 13.2 Å². The number of rotatable bonds is 48. The number of carbonyl (C=O) groups is 3. The Bertz CT molecular complexity index is 1510. The van der Waals surface area contributed by atoms with Gasteiger partial charge in [-0.15, -0.1) is 0 Å². The van der Waals surface area contributed by atoms with Crippen molar-refractivity contribution in [1.29, 1.82) is 0 Å². The second kappa shape index (κ2) is 56.1. The third-order valence-electron chi connectivity index (χ3n) is 11.1. The molecule has 6 heteroatoms. The largest absolute Gasteiger partial charge is 0.462 e.